The second-order valence-electron chi connectivity index (χ2n) is 3.81. The zero-order chi connectivity index (χ0) is 14.0. The largest absolute Gasteiger partial charge is 0.495 e. The van der Waals surface area contributed by atoms with Crippen molar-refractivity contribution in [1.82, 2.24) is 0 Å². The van der Waals surface area contributed by atoms with E-state index in [0.29, 0.717) is 16.3 Å². The Morgan fingerprint density at radius 3 is 2.26 bits per heavy atom. The van der Waals surface area contributed by atoms with Gasteiger partial charge in [0.2, 0.25) is 0 Å². The first-order valence-electron chi connectivity index (χ1n) is 5.36. The van der Waals surface area contributed by atoms with E-state index in [9.17, 15) is 9.18 Å². The fourth-order valence-electron chi connectivity index (χ4n) is 1.61. The monoisotopic (exact) mass is 298 g/mol. The number of benzene rings is 2. The van der Waals surface area contributed by atoms with E-state index < -0.39 is 5.82 Å². The standard InChI is InChI=1S/C14H9Cl2FO2/c1-19-13-5-3-8(6-11(13)16)14(18)9-2-4-10(15)12(17)7-9/h2-7H,1H3. The van der Waals surface area contributed by atoms with Crippen LogP contribution in [0.1, 0.15) is 15.9 Å². The van der Waals surface area contributed by atoms with Crippen molar-refractivity contribution in [3.05, 3.63) is 63.4 Å². The lowest BCUT2D eigenvalue weighted by Gasteiger charge is -2.06. The molecule has 0 aliphatic carbocycles. The molecule has 2 aromatic rings. The van der Waals surface area contributed by atoms with Crippen LogP contribution in [0.2, 0.25) is 10.0 Å². The van der Waals surface area contributed by atoms with E-state index in [1.165, 1.54) is 25.3 Å². The number of hydrogen-bond donors (Lipinski definition) is 0. The number of carbonyl (C=O) groups is 1. The Kier molecular flexibility index (Phi) is 4.08. The van der Waals surface area contributed by atoms with E-state index in [2.05, 4.69) is 0 Å². The van der Waals surface area contributed by atoms with Crippen LogP contribution in [0, 0.1) is 5.82 Å². The Labute approximate surface area is 119 Å². The summed E-state index contributed by atoms with van der Waals surface area (Å²) in [4.78, 5) is 12.2. The highest BCUT2D eigenvalue weighted by atomic mass is 35.5. The van der Waals surface area contributed by atoms with Gasteiger partial charge in [-0.3, -0.25) is 4.79 Å². The van der Waals surface area contributed by atoms with Gasteiger partial charge in [0.05, 0.1) is 17.2 Å². The van der Waals surface area contributed by atoms with Gasteiger partial charge in [0, 0.05) is 11.1 Å². The summed E-state index contributed by atoms with van der Waals surface area (Å²) in [6.45, 7) is 0. The lowest BCUT2D eigenvalue weighted by molar-refractivity contribution is 0.103. The summed E-state index contributed by atoms with van der Waals surface area (Å²) >= 11 is 11.5. The molecule has 0 saturated carbocycles. The van der Waals surface area contributed by atoms with Gasteiger partial charge in [-0.1, -0.05) is 23.2 Å². The highest BCUT2D eigenvalue weighted by Gasteiger charge is 2.13. The Morgan fingerprint density at radius 2 is 1.68 bits per heavy atom. The highest BCUT2D eigenvalue weighted by molar-refractivity contribution is 6.32. The van der Waals surface area contributed by atoms with Gasteiger partial charge in [0.1, 0.15) is 11.6 Å². The predicted molar refractivity (Wildman–Crippen MR) is 72.8 cm³/mol. The van der Waals surface area contributed by atoms with Crippen molar-refractivity contribution in [1.29, 1.82) is 0 Å². The van der Waals surface area contributed by atoms with Gasteiger partial charge in [-0.25, -0.2) is 4.39 Å². The minimum atomic E-state index is -0.632. The van der Waals surface area contributed by atoms with Crippen molar-refractivity contribution in [2.24, 2.45) is 0 Å². The van der Waals surface area contributed by atoms with Gasteiger partial charge in [0.15, 0.2) is 5.78 Å². The second-order valence-corrected chi connectivity index (χ2v) is 4.62. The molecular weight excluding hydrogens is 290 g/mol. The minimum Gasteiger partial charge on any atom is -0.495 e. The average molecular weight is 299 g/mol. The van der Waals surface area contributed by atoms with Crippen LogP contribution in [0.3, 0.4) is 0 Å². The Bertz CT molecular complexity index is 641. The molecule has 0 aliphatic rings. The smallest absolute Gasteiger partial charge is 0.193 e. The molecule has 0 N–H and O–H groups in total. The summed E-state index contributed by atoms with van der Waals surface area (Å²) in [5, 5.41) is 0.298. The van der Waals surface area contributed by atoms with E-state index in [1.54, 1.807) is 12.1 Å². The van der Waals surface area contributed by atoms with Crippen molar-refractivity contribution < 1.29 is 13.9 Å². The second kappa shape index (κ2) is 5.59. The quantitative estimate of drug-likeness (QED) is 0.787. The molecular formula is C14H9Cl2FO2. The molecule has 0 unspecified atom stereocenters. The van der Waals surface area contributed by atoms with E-state index >= 15 is 0 Å². The topological polar surface area (TPSA) is 26.3 Å². The van der Waals surface area contributed by atoms with Gasteiger partial charge in [-0.05, 0) is 36.4 Å². The van der Waals surface area contributed by atoms with Gasteiger partial charge < -0.3 is 4.74 Å². The van der Waals surface area contributed by atoms with Crippen LogP contribution in [0.4, 0.5) is 4.39 Å². The number of ketones is 1. The third-order valence-corrected chi connectivity index (χ3v) is 3.20. The molecule has 0 radical (unpaired) electrons. The van der Waals surface area contributed by atoms with E-state index in [1.807, 2.05) is 0 Å². The summed E-state index contributed by atoms with van der Waals surface area (Å²) in [6, 6.07) is 8.54. The first-order chi connectivity index (χ1) is 9.02. The zero-order valence-corrected chi connectivity index (χ0v) is 11.4. The Hall–Kier alpha value is -1.58. The van der Waals surface area contributed by atoms with E-state index in [4.69, 9.17) is 27.9 Å². The molecule has 2 aromatic carbocycles. The molecule has 98 valence electrons. The third kappa shape index (κ3) is 2.88. The van der Waals surface area contributed by atoms with Crippen molar-refractivity contribution in [2.75, 3.05) is 7.11 Å². The molecule has 0 fully saturated rings. The summed E-state index contributed by atoms with van der Waals surface area (Å²) in [7, 11) is 1.48. The van der Waals surface area contributed by atoms with Crippen molar-refractivity contribution >= 4 is 29.0 Å². The van der Waals surface area contributed by atoms with Gasteiger partial charge >= 0.3 is 0 Å². The lowest BCUT2D eigenvalue weighted by Crippen LogP contribution is -2.02. The predicted octanol–water partition coefficient (Wildman–Crippen LogP) is 4.37. The molecule has 2 nitrogen and oxygen atoms in total. The fourth-order valence-corrected chi connectivity index (χ4v) is 1.99. The van der Waals surface area contributed by atoms with Crippen LogP contribution in [0.15, 0.2) is 36.4 Å². The number of halogens is 3. The third-order valence-electron chi connectivity index (χ3n) is 2.60. The lowest BCUT2D eigenvalue weighted by atomic mass is 10.0. The van der Waals surface area contributed by atoms with Crippen molar-refractivity contribution in [3.8, 4) is 5.75 Å². The van der Waals surface area contributed by atoms with Crippen LogP contribution in [0.5, 0.6) is 5.75 Å². The average Bonchev–Trinajstić information content (AvgIpc) is 2.41. The number of carbonyl (C=O) groups excluding carboxylic acids is 1. The zero-order valence-electron chi connectivity index (χ0n) is 9.91. The fraction of sp³-hybridized carbons (Fsp3) is 0.0714. The number of ether oxygens (including phenoxy) is 1. The number of rotatable bonds is 3. The van der Waals surface area contributed by atoms with Crippen molar-refractivity contribution in [3.63, 3.8) is 0 Å². The summed E-state index contributed by atoms with van der Waals surface area (Å²) < 4.78 is 18.3. The molecule has 5 heteroatoms. The van der Waals surface area contributed by atoms with Crippen LogP contribution in [-0.4, -0.2) is 12.9 Å². The molecule has 0 heterocycles. The first kappa shape index (κ1) is 13.8. The highest BCUT2D eigenvalue weighted by Crippen LogP contribution is 2.26. The summed E-state index contributed by atoms with van der Waals surface area (Å²) in [6.07, 6.45) is 0. The number of hydrogen-bond acceptors (Lipinski definition) is 2. The summed E-state index contributed by atoms with van der Waals surface area (Å²) in [5.41, 5.74) is 0.565. The van der Waals surface area contributed by atoms with Crippen molar-refractivity contribution in [2.45, 2.75) is 0 Å². The Morgan fingerprint density at radius 1 is 1.05 bits per heavy atom. The molecule has 0 amide bonds. The molecule has 2 rings (SSSR count). The van der Waals surface area contributed by atoms with Gasteiger partial charge in [0.25, 0.3) is 0 Å². The maximum absolute atomic E-state index is 13.3. The molecule has 19 heavy (non-hydrogen) atoms. The SMILES string of the molecule is COc1ccc(C(=O)c2ccc(Cl)c(F)c2)cc1Cl. The van der Waals surface area contributed by atoms with Crippen LogP contribution in [0.25, 0.3) is 0 Å². The molecule has 0 saturated heterocycles. The maximum Gasteiger partial charge on any atom is 0.193 e. The van der Waals surface area contributed by atoms with Crippen LogP contribution < -0.4 is 4.74 Å². The summed E-state index contributed by atoms with van der Waals surface area (Å²) in [5.74, 6) is -0.493. The van der Waals surface area contributed by atoms with Crippen LogP contribution in [-0.2, 0) is 0 Å². The first-order valence-corrected chi connectivity index (χ1v) is 6.12. The van der Waals surface area contributed by atoms with E-state index in [0.717, 1.165) is 6.07 Å². The molecule has 0 spiro atoms. The van der Waals surface area contributed by atoms with Gasteiger partial charge in [-0.2, -0.15) is 0 Å². The van der Waals surface area contributed by atoms with Gasteiger partial charge in [-0.15, -0.1) is 0 Å². The van der Waals surface area contributed by atoms with E-state index in [-0.39, 0.29) is 16.4 Å². The Balaban J connectivity index is 2.38. The molecule has 0 aromatic heterocycles. The molecule has 0 aliphatic heterocycles. The normalized spacial score (nSPS) is 10.3. The molecule has 0 atom stereocenters. The van der Waals surface area contributed by atoms with Crippen LogP contribution >= 0.6 is 23.2 Å². The maximum atomic E-state index is 13.3. The number of methoxy groups -OCH3 is 1. The minimum absolute atomic E-state index is 0.0238. The molecule has 0 bridgehead atoms.